The smallest absolute Gasteiger partial charge is 0.373 e. The van der Waals surface area contributed by atoms with E-state index in [0.717, 1.165) is 12.1 Å². The van der Waals surface area contributed by atoms with Gasteiger partial charge in [-0.15, -0.1) is 0 Å². The molecule has 0 aliphatic carbocycles. The Hall–Kier alpha value is -2.31. The van der Waals surface area contributed by atoms with Crippen molar-refractivity contribution in [2.45, 2.75) is 6.18 Å². The number of hydrogen-bond acceptors (Lipinski definition) is 4. The molecule has 0 atom stereocenters. The van der Waals surface area contributed by atoms with Crippen LogP contribution in [-0.2, 0) is 6.18 Å². The summed E-state index contributed by atoms with van der Waals surface area (Å²) >= 11 is 0. The minimum absolute atomic E-state index is 0.499. The van der Waals surface area contributed by atoms with Crippen LogP contribution in [0.1, 0.15) is 5.56 Å². The zero-order valence-corrected chi connectivity index (χ0v) is 9.99. The van der Waals surface area contributed by atoms with Gasteiger partial charge < -0.3 is 10.6 Å². The predicted octanol–water partition coefficient (Wildman–Crippen LogP) is 3.28. The highest BCUT2D eigenvalue weighted by Crippen LogP contribution is 2.30. The van der Waals surface area contributed by atoms with Crippen LogP contribution >= 0.6 is 0 Å². The molecule has 4 nitrogen and oxygen atoms in total. The SMILES string of the molecule is CNc1cc(Nc2ccc(C(F)(F)F)cc2)ncn1. The van der Waals surface area contributed by atoms with Crippen molar-refractivity contribution in [1.82, 2.24) is 9.97 Å². The zero-order chi connectivity index (χ0) is 13.9. The van der Waals surface area contributed by atoms with E-state index in [1.54, 1.807) is 13.1 Å². The van der Waals surface area contributed by atoms with E-state index < -0.39 is 11.7 Å². The van der Waals surface area contributed by atoms with Gasteiger partial charge in [-0.3, -0.25) is 0 Å². The summed E-state index contributed by atoms with van der Waals surface area (Å²) in [5.41, 5.74) is -0.162. The summed E-state index contributed by atoms with van der Waals surface area (Å²) < 4.78 is 37.2. The Labute approximate surface area is 107 Å². The molecule has 1 heterocycles. The average molecular weight is 268 g/mol. The first-order valence-corrected chi connectivity index (χ1v) is 5.43. The van der Waals surface area contributed by atoms with Gasteiger partial charge in [-0.2, -0.15) is 13.2 Å². The van der Waals surface area contributed by atoms with E-state index in [2.05, 4.69) is 20.6 Å². The van der Waals surface area contributed by atoms with Crippen molar-refractivity contribution in [1.29, 1.82) is 0 Å². The van der Waals surface area contributed by atoms with Crippen molar-refractivity contribution >= 4 is 17.3 Å². The summed E-state index contributed by atoms with van der Waals surface area (Å²) in [6, 6.07) is 6.39. The van der Waals surface area contributed by atoms with Crippen molar-refractivity contribution in [3.63, 3.8) is 0 Å². The summed E-state index contributed by atoms with van der Waals surface area (Å²) in [5.74, 6) is 1.11. The highest BCUT2D eigenvalue weighted by atomic mass is 19.4. The standard InChI is InChI=1S/C12H11F3N4/c1-16-10-6-11(18-7-17-10)19-9-4-2-8(3-5-9)12(13,14)15/h2-7H,1H3,(H2,16,17,18,19). The van der Waals surface area contributed by atoms with Crippen LogP contribution in [0.5, 0.6) is 0 Å². The lowest BCUT2D eigenvalue weighted by molar-refractivity contribution is -0.137. The Morgan fingerprint density at radius 3 is 2.21 bits per heavy atom. The van der Waals surface area contributed by atoms with Crippen LogP contribution in [0.3, 0.4) is 0 Å². The minimum Gasteiger partial charge on any atom is -0.373 e. The Balaban J connectivity index is 2.15. The van der Waals surface area contributed by atoms with Crippen LogP contribution in [-0.4, -0.2) is 17.0 Å². The van der Waals surface area contributed by atoms with Gasteiger partial charge in [-0.25, -0.2) is 9.97 Å². The molecular weight excluding hydrogens is 257 g/mol. The van der Waals surface area contributed by atoms with Crippen LogP contribution < -0.4 is 10.6 Å². The van der Waals surface area contributed by atoms with Crippen LogP contribution in [0.4, 0.5) is 30.5 Å². The number of rotatable bonds is 3. The molecule has 2 N–H and O–H groups in total. The number of nitrogens with zero attached hydrogens (tertiary/aromatic N) is 2. The Bertz CT molecular complexity index is 552. The first kappa shape index (κ1) is 13.1. The van der Waals surface area contributed by atoms with E-state index in [1.165, 1.54) is 18.5 Å². The summed E-state index contributed by atoms with van der Waals surface area (Å²) in [4.78, 5) is 7.90. The highest BCUT2D eigenvalue weighted by molar-refractivity contribution is 5.59. The topological polar surface area (TPSA) is 49.8 Å². The molecule has 0 unspecified atom stereocenters. The summed E-state index contributed by atoms with van der Waals surface area (Å²) in [5, 5.41) is 5.74. The van der Waals surface area contributed by atoms with Crippen molar-refractivity contribution in [3.05, 3.63) is 42.2 Å². The molecule has 0 saturated carbocycles. The molecule has 0 amide bonds. The van der Waals surface area contributed by atoms with Gasteiger partial charge in [0.15, 0.2) is 0 Å². The summed E-state index contributed by atoms with van der Waals surface area (Å²) in [6.07, 6.45) is -2.97. The quantitative estimate of drug-likeness (QED) is 0.897. The minimum atomic E-state index is -4.33. The second kappa shape index (κ2) is 5.13. The van der Waals surface area contributed by atoms with E-state index in [4.69, 9.17) is 0 Å². The number of anilines is 3. The second-order valence-electron chi connectivity index (χ2n) is 3.74. The summed E-state index contributed by atoms with van der Waals surface area (Å²) in [6.45, 7) is 0. The van der Waals surface area contributed by atoms with E-state index in [9.17, 15) is 13.2 Å². The molecule has 1 aromatic carbocycles. The van der Waals surface area contributed by atoms with E-state index >= 15 is 0 Å². The first-order valence-electron chi connectivity index (χ1n) is 5.43. The van der Waals surface area contributed by atoms with Crippen LogP contribution in [0.25, 0.3) is 0 Å². The number of halogens is 3. The van der Waals surface area contributed by atoms with Gasteiger partial charge in [-0.1, -0.05) is 0 Å². The number of hydrogen-bond donors (Lipinski definition) is 2. The number of alkyl halides is 3. The summed E-state index contributed by atoms with van der Waals surface area (Å²) in [7, 11) is 1.71. The Morgan fingerprint density at radius 2 is 1.63 bits per heavy atom. The first-order chi connectivity index (χ1) is 8.99. The van der Waals surface area contributed by atoms with Crippen molar-refractivity contribution in [2.75, 3.05) is 17.7 Å². The van der Waals surface area contributed by atoms with Crippen LogP contribution in [0, 0.1) is 0 Å². The lowest BCUT2D eigenvalue weighted by Gasteiger charge is -2.09. The lowest BCUT2D eigenvalue weighted by Crippen LogP contribution is -2.04. The van der Waals surface area contributed by atoms with Crippen LogP contribution in [0.15, 0.2) is 36.7 Å². The second-order valence-corrected chi connectivity index (χ2v) is 3.74. The van der Waals surface area contributed by atoms with E-state index in [1.807, 2.05) is 0 Å². The molecule has 0 fully saturated rings. The molecular formula is C12H11F3N4. The van der Waals surface area contributed by atoms with Gasteiger partial charge >= 0.3 is 6.18 Å². The molecule has 1 aromatic heterocycles. The highest BCUT2D eigenvalue weighted by Gasteiger charge is 2.29. The molecule has 0 saturated heterocycles. The number of nitrogens with one attached hydrogen (secondary N) is 2. The van der Waals surface area contributed by atoms with Gasteiger partial charge in [-0.05, 0) is 24.3 Å². The molecule has 0 bridgehead atoms. The third-order valence-corrected chi connectivity index (χ3v) is 2.41. The van der Waals surface area contributed by atoms with Crippen molar-refractivity contribution < 1.29 is 13.2 Å². The molecule has 0 aliphatic heterocycles. The maximum Gasteiger partial charge on any atom is 0.416 e. The Kier molecular flexibility index (Phi) is 3.55. The van der Waals surface area contributed by atoms with E-state index in [-0.39, 0.29) is 0 Å². The molecule has 19 heavy (non-hydrogen) atoms. The van der Waals surface area contributed by atoms with Gasteiger partial charge in [0.2, 0.25) is 0 Å². The zero-order valence-electron chi connectivity index (χ0n) is 9.99. The average Bonchev–Trinajstić information content (AvgIpc) is 2.38. The monoisotopic (exact) mass is 268 g/mol. The number of benzene rings is 1. The predicted molar refractivity (Wildman–Crippen MR) is 66.3 cm³/mol. The van der Waals surface area contributed by atoms with Gasteiger partial charge in [0.1, 0.15) is 18.0 Å². The molecule has 0 radical (unpaired) electrons. The fourth-order valence-corrected chi connectivity index (χ4v) is 1.45. The van der Waals surface area contributed by atoms with E-state index in [0.29, 0.717) is 17.3 Å². The molecule has 100 valence electrons. The van der Waals surface area contributed by atoms with Crippen LogP contribution in [0.2, 0.25) is 0 Å². The normalized spacial score (nSPS) is 11.2. The molecule has 2 aromatic rings. The molecule has 7 heteroatoms. The van der Waals surface area contributed by atoms with Gasteiger partial charge in [0, 0.05) is 18.8 Å². The maximum absolute atomic E-state index is 12.4. The fraction of sp³-hybridized carbons (Fsp3) is 0.167. The Morgan fingerprint density at radius 1 is 1.00 bits per heavy atom. The maximum atomic E-state index is 12.4. The van der Waals surface area contributed by atoms with Gasteiger partial charge in [0.05, 0.1) is 5.56 Å². The van der Waals surface area contributed by atoms with Gasteiger partial charge in [0.25, 0.3) is 0 Å². The third kappa shape index (κ3) is 3.34. The number of aromatic nitrogens is 2. The molecule has 2 rings (SSSR count). The van der Waals surface area contributed by atoms with Crippen molar-refractivity contribution in [3.8, 4) is 0 Å². The lowest BCUT2D eigenvalue weighted by atomic mass is 10.2. The third-order valence-electron chi connectivity index (χ3n) is 2.41. The fourth-order valence-electron chi connectivity index (χ4n) is 1.45. The molecule has 0 aliphatic rings. The molecule has 0 spiro atoms. The van der Waals surface area contributed by atoms with Crippen molar-refractivity contribution in [2.24, 2.45) is 0 Å². The largest absolute Gasteiger partial charge is 0.416 e.